The Balaban J connectivity index is 2.50. The van der Waals surface area contributed by atoms with Crippen molar-refractivity contribution in [3.8, 4) is 5.69 Å². The van der Waals surface area contributed by atoms with Gasteiger partial charge in [0.25, 0.3) is 0 Å². The number of carboxylic acid groups (broad SMARTS) is 1. The number of benzene rings is 1. The number of nitrogens with zero attached hydrogens (tertiary/aromatic N) is 3. The standard InChI is InChI=1S/C9H5F2N3O2/c10-5-1-2-6(11)8(3-5)14-12-4-7(13-14)9(15)16/h1-4H,(H,15,16). The van der Waals surface area contributed by atoms with Crippen LogP contribution in [0.15, 0.2) is 24.4 Å². The summed E-state index contributed by atoms with van der Waals surface area (Å²) in [4.78, 5) is 11.2. The molecule has 0 aliphatic carbocycles. The molecule has 0 amide bonds. The first-order valence-corrected chi connectivity index (χ1v) is 4.19. The minimum absolute atomic E-state index is 0.243. The van der Waals surface area contributed by atoms with Crippen molar-refractivity contribution in [2.45, 2.75) is 0 Å². The van der Waals surface area contributed by atoms with E-state index in [1.807, 2.05) is 0 Å². The van der Waals surface area contributed by atoms with Gasteiger partial charge in [-0.15, -0.1) is 9.90 Å². The molecule has 5 nitrogen and oxygen atoms in total. The van der Waals surface area contributed by atoms with Gasteiger partial charge in [-0.2, -0.15) is 5.10 Å². The zero-order valence-corrected chi connectivity index (χ0v) is 7.76. The van der Waals surface area contributed by atoms with E-state index in [1.54, 1.807) is 0 Å². The van der Waals surface area contributed by atoms with Crippen molar-refractivity contribution in [1.29, 1.82) is 0 Å². The van der Waals surface area contributed by atoms with E-state index in [1.165, 1.54) is 0 Å². The van der Waals surface area contributed by atoms with Crippen LogP contribution >= 0.6 is 0 Å². The van der Waals surface area contributed by atoms with E-state index in [9.17, 15) is 13.6 Å². The molecule has 82 valence electrons. The number of carboxylic acids is 1. The third-order valence-electron chi connectivity index (χ3n) is 1.83. The molecule has 2 rings (SSSR count). The third kappa shape index (κ3) is 1.74. The van der Waals surface area contributed by atoms with E-state index < -0.39 is 17.6 Å². The van der Waals surface area contributed by atoms with Crippen LogP contribution in [0.5, 0.6) is 0 Å². The van der Waals surface area contributed by atoms with Crippen molar-refractivity contribution < 1.29 is 18.7 Å². The highest BCUT2D eigenvalue weighted by atomic mass is 19.1. The van der Waals surface area contributed by atoms with Gasteiger partial charge in [-0.1, -0.05) is 0 Å². The van der Waals surface area contributed by atoms with Crippen molar-refractivity contribution in [1.82, 2.24) is 15.0 Å². The molecule has 0 radical (unpaired) electrons. The topological polar surface area (TPSA) is 68.0 Å². The largest absolute Gasteiger partial charge is 0.476 e. The molecule has 2 aromatic rings. The van der Waals surface area contributed by atoms with Crippen LogP contribution in [-0.2, 0) is 0 Å². The Morgan fingerprint density at radius 1 is 1.38 bits per heavy atom. The van der Waals surface area contributed by atoms with Gasteiger partial charge >= 0.3 is 5.97 Å². The third-order valence-corrected chi connectivity index (χ3v) is 1.83. The van der Waals surface area contributed by atoms with E-state index in [4.69, 9.17) is 5.11 Å². The van der Waals surface area contributed by atoms with Gasteiger partial charge in [0.1, 0.15) is 11.5 Å². The van der Waals surface area contributed by atoms with Gasteiger partial charge in [0.15, 0.2) is 11.5 Å². The van der Waals surface area contributed by atoms with Crippen LogP contribution in [0.1, 0.15) is 10.5 Å². The van der Waals surface area contributed by atoms with E-state index in [-0.39, 0.29) is 11.4 Å². The SMILES string of the molecule is O=C(O)c1cnn(-c2cc(F)ccc2F)n1. The average molecular weight is 225 g/mol. The maximum Gasteiger partial charge on any atom is 0.358 e. The maximum atomic E-state index is 13.3. The fourth-order valence-corrected chi connectivity index (χ4v) is 1.12. The van der Waals surface area contributed by atoms with E-state index >= 15 is 0 Å². The Hall–Kier alpha value is -2.31. The van der Waals surface area contributed by atoms with Gasteiger partial charge in [0, 0.05) is 6.07 Å². The van der Waals surface area contributed by atoms with Crippen LogP contribution in [-0.4, -0.2) is 26.1 Å². The second-order valence-corrected chi connectivity index (χ2v) is 2.92. The molecule has 1 N–H and O–H groups in total. The predicted octanol–water partition coefficient (Wildman–Crippen LogP) is 1.24. The molecular weight excluding hydrogens is 220 g/mol. The van der Waals surface area contributed by atoms with Crippen molar-refractivity contribution in [3.63, 3.8) is 0 Å². The highest BCUT2D eigenvalue weighted by Gasteiger charge is 2.12. The fourth-order valence-electron chi connectivity index (χ4n) is 1.12. The maximum absolute atomic E-state index is 13.3. The number of carbonyl (C=O) groups is 1. The molecule has 0 aliphatic rings. The first kappa shape index (κ1) is 10.2. The molecule has 0 spiro atoms. The molecule has 0 saturated carbocycles. The molecule has 1 heterocycles. The quantitative estimate of drug-likeness (QED) is 0.834. The summed E-state index contributed by atoms with van der Waals surface area (Å²) in [5.41, 5.74) is -0.587. The van der Waals surface area contributed by atoms with E-state index in [0.29, 0.717) is 0 Å². The molecule has 0 atom stereocenters. The lowest BCUT2D eigenvalue weighted by Crippen LogP contribution is -2.04. The van der Waals surface area contributed by atoms with Gasteiger partial charge in [-0.3, -0.25) is 0 Å². The second kappa shape index (κ2) is 3.69. The van der Waals surface area contributed by atoms with Gasteiger partial charge in [-0.25, -0.2) is 13.6 Å². The number of aromatic nitrogens is 3. The minimum atomic E-state index is -1.29. The summed E-state index contributed by atoms with van der Waals surface area (Å²) in [6.45, 7) is 0. The average Bonchev–Trinajstić information content (AvgIpc) is 2.70. The predicted molar refractivity (Wildman–Crippen MR) is 48.2 cm³/mol. The number of hydrogen-bond acceptors (Lipinski definition) is 3. The molecule has 0 saturated heterocycles. The Bertz CT molecular complexity index is 553. The van der Waals surface area contributed by atoms with Crippen LogP contribution in [0, 0.1) is 11.6 Å². The lowest BCUT2D eigenvalue weighted by Gasteiger charge is -2.00. The van der Waals surface area contributed by atoms with Crippen LogP contribution in [0.4, 0.5) is 8.78 Å². The zero-order valence-electron chi connectivity index (χ0n) is 7.76. The van der Waals surface area contributed by atoms with Gasteiger partial charge < -0.3 is 5.11 Å². The van der Waals surface area contributed by atoms with Crippen molar-refractivity contribution in [2.75, 3.05) is 0 Å². The number of halogens is 2. The molecule has 0 aliphatic heterocycles. The lowest BCUT2D eigenvalue weighted by molar-refractivity contribution is 0.0690. The first-order valence-electron chi connectivity index (χ1n) is 4.19. The lowest BCUT2D eigenvalue weighted by atomic mass is 10.3. The molecule has 0 unspecified atom stereocenters. The molecule has 1 aromatic carbocycles. The summed E-state index contributed by atoms with van der Waals surface area (Å²) in [6.07, 6.45) is 0.951. The van der Waals surface area contributed by atoms with Crippen LogP contribution in [0.3, 0.4) is 0 Å². The van der Waals surface area contributed by atoms with Crippen molar-refractivity contribution >= 4 is 5.97 Å². The summed E-state index contributed by atoms with van der Waals surface area (Å²) in [5.74, 6) is -2.69. The summed E-state index contributed by atoms with van der Waals surface area (Å²) in [7, 11) is 0. The number of aromatic carboxylic acids is 1. The minimum Gasteiger partial charge on any atom is -0.476 e. The van der Waals surface area contributed by atoms with Crippen molar-refractivity contribution in [2.24, 2.45) is 0 Å². The van der Waals surface area contributed by atoms with E-state index in [2.05, 4.69) is 10.2 Å². The summed E-state index contributed by atoms with van der Waals surface area (Å²) >= 11 is 0. The fraction of sp³-hybridized carbons (Fsp3) is 0. The summed E-state index contributed by atoms with van der Waals surface area (Å²) in [6, 6.07) is 2.73. The van der Waals surface area contributed by atoms with Crippen LogP contribution in [0.25, 0.3) is 5.69 Å². The highest BCUT2D eigenvalue weighted by molar-refractivity contribution is 5.84. The molecule has 0 bridgehead atoms. The molecule has 0 fully saturated rings. The van der Waals surface area contributed by atoms with Gasteiger partial charge in [0.2, 0.25) is 0 Å². The molecule has 1 aromatic heterocycles. The monoisotopic (exact) mass is 225 g/mol. The van der Waals surface area contributed by atoms with Gasteiger partial charge in [-0.05, 0) is 12.1 Å². The first-order chi connectivity index (χ1) is 7.58. The number of hydrogen-bond donors (Lipinski definition) is 1. The smallest absolute Gasteiger partial charge is 0.358 e. The molecular formula is C9H5F2N3O2. The van der Waals surface area contributed by atoms with Crippen molar-refractivity contribution in [3.05, 3.63) is 41.7 Å². The second-order valence-electron chi connectivity index (χ2n) is 2.92. The Morgan fingerprint density at radius 3 is 2.75 bits per heavy atom. The van der Waals surface area contributed by atoms with Gasteiger partial charge in [0.05, 0.1) is 6.20 Å². The van der Waals surface area contributed by atoms with E-state index in [0.717, 1.165) is 29.2 Å². The van der Waals surface area contributed by atoms with Crippen LogP contribution < -0.4 is 0 Å². The highest BCUT2D eigenvalue weighted by Crippen LogP contribution is 2.13. The normalized spacial score (nSPS) is 10.4. The summed E-state index contributed by atoms with van der Waals surface area (Å²) < 4.78 is 26.1. The Kier molecular flexibility index (Phi) is 2.35. The summed E-state index contributed by atoms with van der Waals surface area (Å²) in [5, 5.41) is 15.6. The Labute approximate surface area is 87.9 Å². The van der Waals surface area contributed by atoms with Crippen LogP contribution in [0.2, 0.25) is 0 Å². The number of rotatable bonds is 2. The molecule has 16 heavy (non-hydrogen) atoms. The Morgan fingerprint density at radius 2 is 2.12 bits per heavy atom. The zero-order chi connectivity index (χ0) is 11.7. The molecule has 7 heteroatoms.